The van der Waals surface area contributed by atoms with Crippen LogP contribution in [0.1, 0.15) is 16.7 Å². The van der Waals surface area contributed by atoms with Gasteiger partial charge in [0, 0.05) is 31.3 Å². The van der Waals surface area contributed by atoms with Gasteiger partial charge in [0.15, 0.2) is 5.84 Å². The number of amidine groups is 1. The second-order valence-electron chi connectivity index (χ2n) is 15.1. The Labute approximate surface area is 346 Å². The van der Waals surface area contributed by atoms with Crippen molar-refractivity contribution in [3.05, 3.63) is 223 Å². The van der Waals surface area contributed by atoms with Crippen molar-refractivity contribution in [2.75, 3.05) is 0 Å². The first-order valence-corrected chi connectivity index (χ1v) is 20.8. The van der Waals surface area contributed by atoms with Gasteiger partial charge in [0.1, 0.15) is 0 Å². The topological polar surface area (TPSA) is 36.2 Å². The van der Waals surface area contributed by atoms with Crippen LogP contribution in [0.2, 0.25) is 0 Å². The van der Waals surface area contributed by atoms with Gasteiger partial charge in [0.05, 0.1) is 5.71 Å². The summed E-state index contributed by atoms with van der Waals surface area (Å²) in [6.07, 6.45) is 4.15. The first kappa shape index (κ1) is 34.8. The van der Waals surface area contributed by atoms with Gasteiger partial charge in [-0.2, -0.15) is 0 Å². The predicted octanol–water partition coefficient (Wildman–Crippen LogP) is 15.5. The van der Waals surface area contributed by atoms with Gasteiger partial charge in [0.2, 0.25) is 0 Å². The normalized spacial score (nSPS) is 12.2. The lowest BCUT2D eigenvalue weighted by Crippen LogP contribution is -2.03. The van der Waals surface area contributed by atoms with Crippen LogP contribution in [-0.2, 0) is 0 Å². The number of benzene rings is 10. The molecule has 3 heteroatoms. The molecule has 1 heterocycles. The van der Waals surface area contributed by atoms with Crippen LogP contribution in [0.5, 0.6) is 0 Å². The monoisotopic (exact) mass is 768 g/mol. The maximum Gasteiger partial charge on any atom is 0.152 e. The third-order valence-corrected chi connectivity index (χ3v) is 12.8. The van der Waals surface area contributed by atoms with Crippen LogP contribution in [0.4, 0.5) is 0 Å². The van der Waals surface area contributed by atoms with E-state index in [1.807, 2.05) is 47.7 Å². The zero-order chi connectivity index (χ0) is 39.3. The van der Waals surface area contributed by atoms with Crippen LogP contribution in [0.3, 0.4) is 0 Å². The molecule has 10 aromatic carbocycles. The number of hydrogen-bond acceptors (Lipinski definition) is 2. The number of hydrogen-bond donors (Lipinski definition) is 1. The molecule has 0 atom stereocenters. The molecule has 0 aliphatic carbocycles. The lowest BCUT2D eigenvalue weighted by atomic mass is 9.89. The smallest absolute Gasteiger partial charge is 0.152 e. The minimum Gasteiger partial charge on any atom is -0.282 e. The van der Waals surface area contributed by atoms with Crippen LogP contribution in [0, 0.1) is 5.41 Å². The number of nitrogens with one attached hydrogen (secondary N) is 1. The molecule has 11 aromatic rings. The van der Waals surface area contributed by atoms with Crippen molar-refractivity contribution in [3.8, 4) is 22.3 Å². The van der Waals surface area contributed by atoms with E-state index in [1.165, 1.54) is 80.0 Å². The Morgan fingerprint density at radius 1 is 0.441 bits per heavy atom. The number of aliphatic imine (C=N–C) groups is 1. The van der Waals surface area contributed by atoms with Crippen LogP contribution >= 0.6 is 11.3 Å². The van der Waals surface area contributed by atoms with E-state index in [9.17, 15) is 0 Å². The maximum atomic E-state index is 8.93. The summed E-state index contributed by atoms with van der Waals surface area (Å²) in [4.78, 5) is 4.90. The number of rotatable bonds is 6. The number of fused-ring (bicyclic) bond motifs is 8. The number of nitrogens with zero attached hydrogens (tertiary/aromatic N) is 1. The molecule has 0 radical (unpaired) electrons. The van der Waals surface area contributed by atoms with Crippen LogP contribution in [0.15, 0.2) is 211 Å². The Morgan fingerprint density at radius 2 is 1.12 bits per heavy atom. The SMILES string of the molecule is N=C(N=C(/C=C/c1ccc2cc(-c3c4ccccc4cc4c3ccc3ccccc34)ccc2c1)c1ccc(-c2cccc3c2sc2ccccc23)cc1)c1ccccc1. The van der Waals surface area contributed by atoms with Crippen LogP contribution < -0.4 is 0 Å². The summed E-state index contributed by atoms with van der Waals surface area (Å²) < 4.78 is 2.59. The van der Waals surface area contributed by atoms with E-state index in [4.69, 9.17) is 10.4 Å². The summed E-state index contributed by atoms with van der Waals surface area (Å²) in [7, 11) is 0. The van der Waals surface area contributed by atoms with E-state index in [2.05, 4.69) is 176 Å². The van der Waals surface area contributed by atoms with E-state index >= 15 is 0 Å². The van der Waals surface area contributed by atoms with Crippen molar-refractivity contribution in [3.63, 3.8) is 0 Å². The molecule has 59 heavy (non-hydrogen) atoms. The molecule has 0 saturated heterocycles. The van der Waals surface area contributed by atoms with Gasteiger partial charge in [-0.05, 0) is 101 Å². The molecule has 0 aliphatic rings. The maximum absolute atomic E-state index is 8.93. The first-order chi connectivity index (χ1) is 29.1. The second-order valence-corrected chi connectivity index (χ2v) is 16.1. The van der Waals surface area contributed by atoms with Crippen molar-refractivity contribution < 1.29 is 0 Å². The highest BCUT2D eigenvalue weighted by Gasteiger charge is 2.14. The second kappa shape index (κ2) is 14.5. The van der Waals surface area contributed by atoms with E-state index in [-0.39, 0.29) is 5.84 Å². The van der Waals surface area contributed by atoms with Gasteiger partial charge < -0.3 is 0 Å². The molecular formula is C56H36N2S. The van der Waals surface area contributed by atoms with E-state index in [1.54, 1.807) is 0 Å². The van der Waals surface area contributed by atoms with Gasteiger partial charge in [-0.1, -0.05) is 182 Å². The minimum atomic E-state index is 0.226. The molecule has 0 aliphatic heterocycles. The van der Waals surface area contributed by atoms with Gasteiger partial charge in [-0.3, -0.25) is 5.41 Å². The summed E-state index contributed by atoms with van der Waals surface area (Å²) in [5.41, 5.74) is 8.39. The standard InChI is InChI=1S/C56H36N2S/c57-56(40-12-2-1-3-13-40)58-52(39-26-24-38(25-27-39)47-18-10-19-50-48-17-8-9-20-53(48)59-55(47)50)32-22-36-21-23-42-34-44(29-28-41(42)33-36)54-46-16-7-5-14-43(46)35-51-45-15-6-4-11-37(45)30-31-49(51)54/h1-35,57H/b32-22+,57-56?,58-52?. The largest absolute Gasteiger partial charge is 0.282 e. The highest BCUT2D eigenvalue weighted by Crippen LogP contribution is 2.41. The zero-order valence-electron chi connectivity index (χ0n) is 32.1. The Hall–Kier alpha value is -7.46. The first-order valence-electron chi connectivity index (χ1n) is 19.9. The molecule has 1 aromatic heterocycles. The average molecular weight is 769 g/mol. The molecule has 0 spiro atoms. The fourth-order valence-corrected chi connectivity index (χ4v) is 9.84. The predicted molar refractivity (Wildman–Crippen MR) is 256 cm³/mol. The molecule has 0 bridgehead atoms. The molecule has 276 valence electrons. The molecule has 11 rings (SSSR count). The Balaban J connectivity index is 0.955. The molecular weight excluding hydrogens is 733 g/mol. The molecule has 0 unspecified atom stereocenters. The van der Waals surface area contributed by atoms with Gasteiger partial charge >= 0.3 is 0 Å². The van der Waals surface area contributed by atoms with Crippen LogP contribution in [-0.4, -0.2) is 11.5 Å². The molecule has 0 amide bonds. The van der Waals surface area contributed by atoms with Crippen molar-refractivity contribution in [2.24, 2.45) is 4.99 Å². The van der Waals surface area contributed by atoms with Crippen molar-refractivity contribution in [1.82, 2.24) is 0 Å². The van der Waals surface area contributed by atoms with Gasteiger partial charge in [-0.15, -0.1) is 11.3 Å². The Bertz CT molecular complexity index is 3500. The fraction of sp³-hybridized carbons (Fsp3) is 0. The lowest BCUT2D eigenvalue weighted by molar-refractivity contribution is 1.41. The molecule has 0 saturated carbocycles. The van der Waals surface area contributed by atoms with Crippen LogP contribution in [0.25, 0.3) is 91.6 Å². The third kappa shape index (κ3) is 6.29. The minimum absolute atomic E-state index is 0.226. The summed E-state index contributed by atoms with van der Waals surface area (Å²) in [6.45, 7) is 0. The molecule has 0 fully saturated rings. The highest BCUT2D eigenvalue weighted by molar-refractivity contribution is 7.26. The van der Waals surface area contributed by atoms with E-state index in [0.717, 1.165) is 28.0 Å². The Morgan fingerprint density at radius 3 is 1.98 bits per heavy atom. The zero-order valence-corrected chi connectivity index (χ0v) is 32.9. The van der Waals surface area contributed by atoms with E-state index < -0.39 is 0 Å². The fourth-order valence-electron chi connectivity index (χ4n) is 8.60. The van der Waals surface area contributed by atoms with E-state index in [0.29, 0.717) is 0 Å². The Kier molecular flexibility index (Phi) is 8.53. The van der Waals surface area contributed by atoms with Crippen molar-refractivity contribution >= 4 is 92.2 Å². The van der Waals surface area contributed by atoms with Gasteiger partial charge in [0.25, 0.3) is 0 Å². The number of thiophene rings is 1. The van der Waals surface area contributed by atoms with Crippen molar-refractivity contribution in [2.45, 2.75) is 0 Å². The quantitative estimate of drug-likeness (QED) is 0.0757. The average Bonchev–Trinajstić information content (AvgIpc) is 3.69. The van der Waals surface area contributed by atoms with Crippen molar-refractivity contribution in [1.29, 1.82) is 5.41 Å². The summed E-state index contributed by atoms with van der Waals surface area (Å²) >= 11 is 1.84. The molecule has 2 nitrogen and oxygen atoms in total. The number of allylic oxidation sites excluding steroid dienone is 1. The summed E-state index contributed by atoms with van der Waals surface area (Å²) in [5, 5.41) is 21.4. The highest BCUT2D eigenvalue weighted by atomic mass is 32.1. The summed E-state index contributed by atoms with van der Waals surface area (Å²) in [6, 6.07) is 71.3. The summed E-state index contributed by atoms with van der Waals surface area (Å²) in [5.74, 6) is 0.226. The van der Waals surface area contributed by atoms with Gasteiger partial charge in [-0.25, -0.2) is 4.99 Å². The third-order valence-electron chi connectivity index (χ3n) is 11.5. The lowest BCUT2D eigenvalue weighted by Gasteiger charge is -2.15. The molecule has 1 N–H and O–H groups in total.